The van der Waals surface area contributed by atoms with Gasteiger partial charge in [0, 0.05) is 25.7 Å². The number of amidine groups is 1. The highest BCUT2D eigenvalue weighted by molar-refractivity contribution is 7.87. The van der Waals surface area contributed by atoms with E-state index < -0.39 is 10.2 Å². The number of nitrogens with one attached hydrogen (secondary N) is 1. The summed E-state index contributed by atoms with van der Waals surface area (Å²) in [5.41, 5.74) is 6.79. The molecular formula is C12H20N4O3S. The molecule has 0 radical (unpaired) electrons. The molecule has 0 atom stereocenters. The van der Waals surface area contributed by atoms with E-state index in [4.69, 9.17) is 10.9 Å². The van der Waals surface area contributed by atoms with Gasteiger partial charge in [0.25, 0.3) is 10.2 Å². The Balaban J connectivity index is 2.83. The topological polar surface area (TPSA) is 108 Å². The van der Waals surface area contributed by atoms with Crippen molar-refractivity contribution in [3.8, 4) is 0 Å². The molecule has 0 aromatic heterocycles. The zero-order chi connectivity index (χ0) is 15.2. The van der Waals surface area contributed by atoms with Crippen molar-refractivity contribution in [2.75, 3.05) is 13.6 Å². The smallest absolute Gasteiger partial charge is 0.279 e. The monoisotopic (exact) mass is 300 g/mol. The van der Waals surface area contributed by atoms with Gasteiger partial charge in [-0.1, -0.05) is 30.3 Å². The van der Waals surface area contributed by atoms with Crippen molar-refractivity contribution in [3.63, 3.8) is 0 Å². The molecular weight excluding hydrogens is 280 g/mol. The highest BCUT2D eigenvalue weighted by Gasteiger charge is 2.16. The molecule has 0 heterocycles. The summed E-state index contributed by atoms with van der Waals surface area (Å²) in [6, 6.07) is 6.87. The van der Waals surface area contributed by atoms with E-state index in [1.54, 1.807) is 24.3 Å². The Bertz CT molecular complexity index is 572. The quantitative estimate of drug-likeness (QED) is 0.294. The van der Waals surface area contributed by atoms with Crippen molar-refractivity contribution in [1.29, 1.82) is 0 Å². The van der Waals surface area contributed by atoms with Gasteiger partial charge in [-0.3, -0.25) is 0 Å². The van der Waals surface area contributed by atoms with Crippen LogP contribution in [0.25, 0.3) is 0 Å². The van der Waals surface area contributed by atoms with Crippen molar-refractivity contribution in [2.45, 2.75) is 19.9 Å². The molecule has 112 valence electrons. The van der Waals surface area contributed by atoms with Crippen LogP contribution >= 0.6 is 0 Å². The molecule has 0 spiro atoms. The summed E-state index contributed by atoms with van der Waals surface area (Å²) in [5, 5.41) is 11.6. The van der Waals surface area contributed by atoms with Gasteiger partial charge in [0.05, 0.1) is 0 Å². The fourth-order valence-electron chi connectivity index (χ4n) is 1.57. The fraction of sp³-hybridized carbons (Fsp3) is 0.417. The zero-order valence-electron chi connectivity index (χ0n) is 11.6. The molecule has 0 aliphatic carbocycles. The van der Waals surface area contributed by atoms with Crippen LogP contribution in [0.4, 0.5) is 0 Å². The number of hydrogen-bond donors (Lipinski definition) is 3. The van der Waals surface area contributed by atoms with E-state index in [0.29, 0.717) is 12.1 Å². The largest absolute Gasteiger partial charge is 0.409 e. The fourth-order valence-corrected chi connectivity index (χ4v) is 2.57. The summed E-state index contributed by atoms with van der Waals surface area (Å²) in [6.07, 6.45) is 0.728. The maximum Gasteiger partial charge on any atom is 0.279 e. The Kier molecular flexibility index (Phi) is 5.93. The lowest BCUT2D eigenvalue weighted by Gasteiger charge is -2.17. The number of hydrogen-bond acceptors (Lipinski definition) is 4. The van der Waals surface area contributed by atoms with Crippen LogP contribution in [0.3, 0.4) is 0 Å². The van der Waals surface area contributed by atoms with Gasteiger partial charge in [-0.05, 0) is 18.1 Å². The van der Waals surface area contributed by atoms with E-state index in [1.807, 2.05) is 6.92 Å². The Hall–Kier alpha value is -1.64. The van der Waals surface area contributed by atoms with E-state index in [2.05, 4.69) is 9.88 Å². The molecule has 0 amide bonds. The second kappa shape index (κ2) is 7.22. The van der Waals surface area contributed by atoms with Crippen molar-refractivity contribution in [1.82, 2.24) is 9.03 Å². The lowest BCUT2D eigenvalue weighted by molar-refractivity contribution is 0.318. The molecule has 0 aliphatic heterocycles. The average molecular weight is 300 g/mol. The second-order valence-electron chi connectivity index (χ2n) is 4.34. The van der Waals surface area contributed by atoms with E-state index >= 15 is 0 Å². The van der Waals surface area contributed by atoms with Gasteiger partial charge in [0.2, 0.25) is 0 Å². The third-order valence-corrected chi connectivity index (χ3v) is 4.20. The van der Waals surface area contributed by atoms with Crippen LogP contribution < -0.4 is 10.5 Å². The van der Waals surface area contributed by atoms with Gasteiger partial charge in [-0.25, -0.2) is 4.72 Å². The molecule has 4 N–H and O–H groups in total. The van der Waals surface area contributed by atoms with Crippen LogP contribution in [0.2, 0.25) is 0 Å². The number of oxime groups is 1. The van der Waals surface area contributed by atoms with Gasteiger partial charge in [-0.2, -0.15) is 12.7 Å². The van der Waals surface area contributed by atoms with Crippen molar-refractivity contribution < 1.29 is 13.6 Å². The van der Waals surface area contributed by atoms with Crippen LogP contribution in [0.1, 0.15) is 24.5 Å². The van der Waals surface area contributed by atoms with E-state index in [1.165, 1.54) is 11.4 Å². The van der Waals surface area contributed by atoms with Gasteiger partial charge in [0.15, 0.2) is 5.84 Å². The van der Waals surface area contributed by atoms with Crippen LogP contribution in [0.15, 0.2) is 29.4 Å². The number of nitrogens with zero attached hydrogens (tertiary/aromatic N) is 2. The molecule has 0 fully saturated rings. The van der Waals surface area contributed by atoms with E-state index in [0.717, 1.165) is 12.0 Å². The lowest BCUT2D eigenvalue weighted by atomic mass is 10.1. The minimum absolute atomic E-state index is 0.0125. The highest BCUT2D eigenvalue weighted by atomic mass is 32.2. The minimum Gasteiger partial charge on any atom is -0.409 e. The van der Waals surface area contributed by atoms with Gasteiger partial charge < -0.3 is 10.9 Å². The number of nitrogens with two attached hydrogens (primary N) is 1. The average Bonchev–Trinajstić information content (AvgIpc) is 2.44. The maximum atomic E-state index is 11.9. The van der Waals surface area contributed by atoms with Gasteiger partial charge in [0.1, 0.15) is 0 Å². The molecule has 1 rings (SSSR count). The normalized spacial score (nSPS) is 12.8. The van der Waals surface area contributed by atoms with Gasteiger partial charge >= 0.3 is 0 Å². The summed E-state index contributed by atoms with van der Waals surface area (Å²) < 4.78 is 27.5. The molecule has 1 aromatic rings. The molecule has 8 heteroatoms. The molecule has 0 saturated heterocycles. The summed E-state index contributed by atoms with van der Waals surface area (Å²) in [5.74, 6) is -0.0125. The zero-order valence-corrected chi connectivity index (χ0v) is 12.4. The van der Waals surface area contributed by atoms with Crippen LogP contribution in [0, 0.1) is 0 Å². The van der Waals surface area contributed by atoms with Crippen molar-refractivity contribution >= 4 is 16.0 Å². The molecule has 1 aromatic carbocycles. The van der Waals surface area contributed by atoms with Crippen molar-refractivity contribution in [2.24, 2.45) is 10.9 Å². The summed E-state index contributed by atoms with van der Waals surface area (Å²) in [7, 11) is -1.99. The first-order chi connectivity index (χ1) is 9.40. The van der Waals surface area contributed by atoms with Crippen LogP contribution in [-0.2, 0) is 16.8 Å². The molecule has 20 heavy (non-hydrogen) atoms. The predicted octanol–water partition coefficient (Wildman–Crippen LogP) is 0.457. The standard InChI is InChI=1S/C12H20N4O3S/c1-3-7-14-20(18,19)16(2)9-10-5-4-6-11(8-10)12(13)15-17/h4-6,8,14,17H,3,7,9H2,1-2H3,(H2,13,15). The van der Waals surface area contributed by atoms with E-state index in [-0.39, 0.29) is 12.4 Å². The Morgan fingerprint density at radius 1 is 1.50 bits per heavy atom. The summed E-state index contributed by atoms with van der Waals surface area (Å²) >= 11 is 0. The Morgan fingerprint density at radius 2 is 2.20 bits per heavy atom. The summed E-state index contributed by atoms with van der Waals surface area (Å²) in [4.78, 5) is 0. The molecule has 7 nitrogen and oxygen atoms in total. The molecule has 0 bridgehead atoms. The molecule has 0 aliphatic rings. The first kappa shape index (κ1) is 16.4. The SMILES string of the molecule is CCCNS(=O)(=O)N(C)Cc1cccc(/C(N)=N/O)c1. The minimum atomic E-state index is -3.49. The lowest BCUT2D eigenvalue weighted by Crippen LogP contribution is -2.38. The van der Waals surface area contributed by atoms with Crippen LogP contribution in [0.5, 0.6) is 0 Å². The molecule has 0 unspecified atom stereocenters. The van der Waals surface area contributed by atoms with E-state index in [9.17, 15) is 8.42 Å². The first-order valence-electron chi connectivity index (χ1n) is 6.18. The number of benzene rings is 1. The second-order valence-corrected chi connectivity index (χ2v) is 6.20. The highest BCUT2D eigenvalue weighted by Crippen LogP contribution is 2.09. The Morgan fingerprint density at radius 3 is 2.80 bits per heavy atom. The van der Waals surface area contributed by atoms with Gasteiger partial charge in [-0.15, -0.1) is 0 Å². The van der Waals surface area contributed by atoms with Crippen molar-refractivity contribution in [3.05, 3.63) is 35.4 Å². The summed E-state index contributed by atoms with van der Waals surface area (Å²) in [6.45, 7) is 2.49. The third-order valence-electron chi connectivity index (χ3n) is 2.68. The first-order valence-corrected chi connectivity index (χ1v) is 7.62. The third kappa shape index (κ3) is 4.48. The number of rotatable bonds is 7. The Labute approximate surface area is 119 Å². The maximum absolute atomic E-state index is 11.9. The molecule has 0 saturated carbocycles. The van der Waals surface area contributed by atoms with Crippen LogP contribution in [-0.4, -0.2) is 37.4 Å². The predicted molar refractivity (Wildman–Crippen MR) is 77.6 cm³/mol.